The van der Waals surface area contributed by atoms with Crippen LogP contribution in [0.1, 0.15) is 33.7 Å². The van der Waals surface area contributed by atoms with Gasteiger partial charge in [-0.2, -0.15) is 5.26 Å². The van der Waals surface area contributed by atoms with E-state index in [1.165, 1.54) is 6.92 Å². The zero-order chi connectivity index (χ0) is 11.6. The van der Waals surface area contributed by atoms with Crippen molar-refractivity contribution in [3.63, 3.8) is 0 Å². The van der Waals surface area contributed by atoms with E-state index in [9.17, 15) is 13.6 Å². The van der Waals surface area contributed by atoms with E-state index in [1.807, 2.05) is 0 Å². The summed E-state index contributed by atoms with van der Waals surface area (Å²) in [6.07, 6.45) is -2.86. The first-order valence-electron chi connectivity index (χ1n) is 3.97. The topological polar surface area (TPSA) is 79.8 Å². The second kappa shape index (κ2) is 4.00. The minimum atomic E-state index is -2.86. The SMILES string of the molecule is Cc1nc(C#N)c(C(F)F)cc1C(N)=O. The van der Waals surface area contributed by atoms with Crippen LogP contribution in [0.15, 0.2) is 6.07 Å². The number of hydrogen-bond acceptors (Lipinski definition) is 3. The number of nitrogens with zero attached hydrogens (tertiary/aromatic N) is 2. The molecule has 1 aromatic heterocycles. The van der Waals surface area contributed by atoms with Crippen molar-refractivity contribution in [3.05, 3.63) is 28.6 Å². The Morgan fingerprint density at radius 1 is 1.67 bits per heavy atom. The van der Waals surface area contributed by atoms with Crippen LogP contribution in [-0.2, 0) is 0 Å². The van der Waals surface area contributed by atoms with Gasteiger partial charge in [-0.3, -0.25) is 4.79 Å². The number of hydrogen-bond donors (Lipinski definition) is 1. The summed E-state index contributed by atoms with van der Waals surface area (Å²) in [5.74, 6) is -0.841. The van der Waals surface area contributed by atoms with Crippen LogP contribution >= 0.6 is 0 Å². The molecular formula is C9H7F2N3O. The predicted octanol–water partition coefficient (Wildman–Crippen LogP) is 1.30. The first-order valence-corrected chi connectivity index (χ1v) is 3.97. The quantitative estimate of drug-likeness (QED) is 0.800. The third-order valence-corrected chi connectivity index (χ3v) is 1.85. The summed E-state index contributed by atoms with van der Waals surface area (Å²) in [5, 5.41) is 8.56. The lowest BCUT2D eigenvalue weighted by molar-refractivity contribution is 0.0998. The Morgan fingerprint density at radius 2 is 2.27 bits per heavy atom. The van der Waals surface area contributed by atoms with Gasteiger partial charge >= 0.3 is 0 Å². The summed E-state index contributed by atoms with van der Waals surface area (Å²) in [6.45, 7) is 1.43. The molecule has 78 valence electrons. The van der Waals surface area contributed by atoms with E-state index in [0.717, 1.165) is 6.07 Å². The fraction of sp³-hybridized carbons (Fsp3) is 0.222. The Bertz CT molecular complexity index is 451. The van der Waals surface area contributed by atoms with Crippen molar-refractivity contribution in [2.24, 2.45) is 5.73 Å². The molecule has 0 fully saturated rings. The van der Waals surface area contributed by atoms with Gasteiger partial charge in [0.15, 0.2) is 0 Å². The molecule has 0 aliphatic heterocycles. The molecule has 0 radical (unpaired) electrons. The number of rotatable bonds is 2. The third-order valence-electron chi connectivity index (χ3n) is 1.85. The van der Waals surface area contributed by atoms with Gasteiger partial charge in [0.25, 0.3) is 12.3 Å². The van der Waals surface area contributed by atoms with Crippen LogP contribution in [0.2, 0.25) is 0 Å². The van der Waals surface area contributed by atoms with E-state index >= 15 is 0 Å². The van der Waals surface area contributed by atoms with Crippen LogP contribution in [0.3, 0.4) is 0 Å². The molecule has 1 amide bonds. The highest BCUT2D eigenvalue weighted by Gasteiger charge is 2.18. The third kappa shape index (κ3) is 2.07. The molecule has 0 saturated heterocycles. The molecule has 0 aliphatic carbocycles. The Balaban J connectivity index is 3.45. The standard InChI is InChI=1S/C9H7F2N3O/c1-4-5(9(13)15)2-6(8(10)11)7(3-12)14-4/h2,8H,1H3,(H2,13,15). The molecule has 4 nitrogen and oxygen atoms in total. The fourth-order valence-corrected chi connectivity index (χ4v) is 1.13. The van der Waals surface area contributed by atoms with E-state index in [0.29, 0.717) is 0 Å². The molecular weight excluding hydrogens is 204 g/mol. The number of aromatic nitrogens is 1. The second-order valence-corrected chi connectivity index (χ2v) is 2.84. The Hall–Kier alpha value is -2.03. The fourth-order valence-electron chi connectivity index (χ4n) is 1.13. The van der Waals surface area contributed by atoms with Crippen molar-refractivity contribution < 1.29 is 13.6 Å². The number of nitrogens with two attached hydrogens (primary N) is 1. The van der Waals surface area contributed by atoms with Gasteiger partial charge in [0.1, 0.15) is 11.8 Å². The van der Waals surface area contributed by atoms with Gasteiger partial charge in [-0.1, -0.05) is 0 Å². The van der Waals surface area contributed by atoms with Crippen LogP contribution in [0.5, 0.6) is 0 Å². The molecule has 15 heavy (non-hydrogen) atoms. The van der Waals surface area contributed by atoms with E-state index < -0.39 is 17.9 Å². The first-order chi connectivity index (χ1) is 6.97. The van der Waals surface area contributed by atoms with Gasteiger partial charge in [0, 0.05) is 0 Å². The molecule has 1 rings (SSSR count). The zero-order valence-corrected chi connectivity index (χ0v) is 7.79. The largest absolute Gasteiger partial charge is 0.366 e. The number of aryl methyl sites for hydroxylation is 1. The summed E-state index contributed by atoms with van der Waals surface area (Å²) in [4.78, 5) is 14.4. The van der Waals surface area contributed by atoms with Crippen molar-refractivity contribution in [3.8, 4) is 6.07 Å². The number of halogens is 2. The average molecular weight is 211 g/mol. The number of primary amides is 1. The molecule has 0 spiro atoms. The smallest absolute Gasteiger partial charge is 0.266 e. The number of carbonyl (C=O) groups excluding carboxylic acids is 1. The van der Waals surface area contributed by atoms with Gasteiger partial charge < -0.3 is 5.73 Å². The highest BCUT2D eigenvalue weighted by atomic mass is 19.3. The lowest BCUT2D eigenvalue weighted by atomic mass is 10.1. The Labute approximate surface area is 84.3 Å². The minimum Gasteiger partial charge on any atom is -0.366 e. The summed E-state index contributed by atoms with van der Waals surface area (Å²) in [7, 11) is 0. The molecule has 6 heteroatoms. The van der Waals surface area contributed by atoms with E-state index in [2.05, 4.69) is 4.98 Å². The van der Waals surface area contributed by atoms with Crippen molar-refractivity contribution in [2.45, 2.75) is 13.3 Å². The molecule has 0 aromatic carbocycles. The van der Waals surface area contributed by atoms with Gasteiger partial charge in [-0.15, -0.1) is 0 Å². The molecule has 0 bridgehead atoms. The normalized spacial score (nSPS) is 10.1. The number of carbonyl (C=O) groups is 1. The van der Waals surface area contributed by atoms with Crippen molar-refractivity contribution >= 4 is 5.91 Å². The molecule has 2 N–H and O–H groups in total. The van der Waals surface area contributed by atoms with Gasteiger partial charge in [-0.05, 0) is 13.0 Å². The number of amides is 1. The molecule has 0 saturated carbocycles. The minimum absolute atomic E-state index is 0.0932. The summed E-state index contributed by atoms with van der Waals surface area (Å²) >= 11 is 0. The maximum atomic E-state index is 12.4. The zero-order valence-electron chi connectivity index (χ0n) is 7.79. The maximum absolute atomic E-state index is 12.4. The monoisotopic (exact) mass is 211 g/mol. The van der Waals surface area contributed by atoms with Crippen LogP contribution in [-0.4, -0.2) is 10.9 Å². The van der Waals surface area contributed by atoms with Gasteiger partial charge in [0.2, 0.25) is 0 Å². The number of nitriles is 1. The first kappa shape index (κ1) is 11.0. The average Bonchev–Trinajstić information content (AvgIpc) is 2.16. The van der Waals surface area contributed by atoms with E-state index in [4.69, 9.17) is 11.0 Å². The molecule has 0 atom stereocenters. The van der Waals surface area contributed by atoms with Crippen LogP contribution in [0, 0.1) is 18.3 Å². The Kier molecular flexibility index (Phi) is 2.95. The van der Waals surface area contributed by atoms with E-state index in [1.54, 1.807) is 6.07 Å². The Morgan fingerprint density at radius 3 is 2.67 bits per heavy atom. The maximum Gasteiger partial charge on any atom is 0.266 e. The second-order valence-electron chi connectivity index (χ2n) is 2.84. The summed E-state index contributed by atoms with van der Waals surface area (Å²) < 4.78 is 24.9. The van der Waals surface area contributed by atoms with Crippen molar-refractivity contribution in [1.29, 1.82) is 5.26 Å². The lowest BCUT2D eigenvalue weighted by Crippen LogP contribution is -2.15. The molecule has 1 aromatic rings. The number of pyridine rings is 1. The van der Waals surface area contributed by atoms with Crippen molar-refractivity contribution in [1.82, 2.24) is 4.98 Å². The van der Waals surface area contributed by atoms with Crippen molar-refractivity contribution in [2.75, 3.05) is 0 Å². The molecule has 0 aliphatic rings. The highest BCUT2D eigenvalue weighted by Crippen LogP contribution is 2.23. The number of alkyl halides is 2. The van der Waals surface area contributed by atoms with E-state index in [-0.39, 0.29) is 17.0 Å². The van der Waals surface area contributed by atoms with Crippen LogP contribution in [0.4, 0.5) is 8.78 Å². The van der Waals surface area contributed by atoms with Gasteiger partial charge in [-0.25, -0.2) is 13.8 Å². The predicted molar refractivity (Wildman–Crippen MR) is 47.2 cm³/mol. The summed E-state index contributed by atoms with van der Waals surface area (Å²) in [5.41, 5.74) is 4.09. The summed E-state index contributed by atoms with van der Waals surface area (Å²) in [6, 6.07) is 2.45. The lowest BCUT2D eigenvalue weighted by Gasteiger charge is -2.06. The highest BCUT2D eigenvalue weighted by molar-refractivity contribution is 5.94. The molecule has 0 unspecified atom stereocenters. The van der Waals surface area contributed by atoms with Crippen LogP contribution in [0.25, 0.3) is 0 Å². The van der Waals surface area contributed by atoms with Crippen LogP contribution < -0.4 is 5.73 Å². The van der Waals surface area contributed by atoms with Gasteiger partial charge in [0.05, 0.1) is 16.8 Å². The molecule has 1 heterocycles.